The topological polar surface area (TPSA) is 12.0 Å². The third kappa shape index (κ3) is 3.04. The molecular formula is C18H19Br2N. The molecule has 1 aliphatic rings. The molecule has 110 valence electrons. The van der Waals surface area contributed by atoms with Crippen LogP contribution in [-0.2, 0) is 5.41 Å². The molecule has 3 rings (SSSR count). The fraction of sp³-hybridized carbons (Fsp3) is 0.333. The molecule has 0 saturated carbocycles. The molecule has 0 bridgehead atoms. The number of hydrogen-bond donors (Lipinski definition) is 1. The highest BCUT2D eigenvalue weighted by molar-refractivity contribution is 9.11. The van der Waals surface area contributed by atoms with Crippen molar-refractivity contribution in [2.45, 2.75) is 38.1 Å². The smallest absolute Gasteiger partial charge is 0.0517 e. The van der Waals surface area contributed by atoms with Gasteiger partial charge in [0.1, 0.15) is 0 Å². The SMILES string of the molecule is CC1(C)CCC(Nc2ccc(Br)cc2Br)c2ccccc21. The third-order valence-corrected chi connectivity index (χ3v) is 5.53. The Labute approximate surface area is 143 Å². The van der Waals surface area contributed by atoms with E-state index in [9.17, 15) is 0 Å². The van der Waals surface area contributed by atoms with Gasteiger partial charge in [0.25, 0.3) is 0 Å². The molecule has 0 heterocycles. The maximum absolute atomic E-state index is 3.70. The van der Waals surface area contributed by atoms with Gasteiger partial charge in [-0.2, -0.15) is 0 Å². The van der Waals surface area contributed by atoms with Crippen LogP contribution in [0.3, 0.4) is 0 Å². The van der Waals surface area contributed by atoms with Gasteiger partial charge in [0.05, 0.1) is 6.04 Å². The van der Waals surface area contributed by atoms with Crippen molar-refractivity contribution in [1.29, 1.82) is 0 Å². The Balaban J connectivity index is 1.94. The molecule has 1 unspecified atom stereocenters. The summed E-state index contributed by atoms with van der Waals surface area (Å²) in [5, 5.41) is 3.70. The number of nitrogens with one attached hydrogen (secondary N) is 1. The standard InChI is InChI=1S/C18H19Br2N/c1-18(2)10-9-16(13-5-3-4-6-14(13)18)21-17-8-7-12(19)11-15(17)20/h3-8,11,16,21H,9-10H2,1-2H3. The van der Waals surface area contributed by atoms with E-state index in [2.05, 4.69) is 93.5 Å². The number of hydrogen-bond acceptors (Lipinski definition) is 1. The summed E-state index contributed by atoms with van der Waals surface area (Å²) in [7, 11) is 0. The first-order valence-electron chi connectivity index (χ1n) is 7.28. The molecule has 0 spiro atoms. The molecule has 0 radical (unpaired) electrons. The summed E-state index contributed by atoms with van der Waals surface area (Å²) in [4.78, 5) is 0. The van der Waals surface area contributed by atoms with E-state index in [0.29, 0.717) is 6.04 Å². The lowest BCUT2D eigenvalue weighted by atomic mass is 9.71. The lowest BCUT2D eigenvalue weighted by Crippen LogP contribution is -2.29. The van der Waals surface area contributed by atoms with E-state index in [4.69, 9.17) is 0 Å². The number of halogens is 2. The van der Waals surface area contributed by atoms with Crippen LogP contribution in [-0.4, -0.2) is 0 Å². The van der Waals surface area contributed by atoms with Gasteiger partial charge in [-0.3, -0.25) is 0 Å². The fourth-order valence-corrected chi connectivity index (χ4v) is 4.32. The third-order valence-electron chi connectivity index (χ3n) is 4.38. The molecule has 0 fully saturated rings. The largest absolute Gasteiger partial charge is 0.377 e. The number of fused-ring (bicyclic) bond motifs is 1. The minimum Gasteiger partial charge on any atom is -0.377 e. The first kappa shape index (κ1) is 15.1. The highest BCUT2D eigenvalue weighted by Crippen LogP contribution is 2.43. The van der Waals surface area contributed by atoms with Crippen molar-refractivity contribution in [3.8, 4) is 0 Å². The van der Waals surface area contributed by atoms with Gasteiger partial charge in [0.15, 0.2) is 0 Å². The molecule has 0 amide bonds. The van der Waals surface area contributed by atoms with Crippen LogP contribution in [0, 0.1) is 0 Å². The summed E-state index contributed by atoms with van der Waals surface area (Å²) in [6.45, 7) is 4.69. The van der Waals surface area contributed by atoms with E-state index in [1.54, 1.807) is 0 Å². The van der Waals surface area contributed by atoms with E-state index in [-0.39, 0.29) is 5.41 Å². The van der Waals surface area contributed by atoms with Crippen LogP contribution in [0.5, 0.6) is 0 Å². The number of benzene rings is 2. The van der Waals surface area contributed by atoms with Crippen LogP contribution in [0.25, 0.3) is 0 Å². The Bertz CT molecular complexity index is 664. The molecule has 2 aromatic carbocycles. The van der Waals surface area contributed by atoms with Gasteiger partial charge < -0.3 is 5.32 Å². The Morgan fingerprint density at radius 3 is 2.62 bits per heavy atom. The van der Waals surface area contributed by atoms with Gasteiger partial charge in [-0.25, -0.2) is 0 Å². The maximum atomic E-state index is 3.70. The number of rotatable bonds is 2. The summed E-state index contributed by atoms with van der Waals surface area (Å²) in [6.07, 6.45) is 2.36. The van der Waals surface area contributed by atoms with Crippen LogP contribution in [0.1, 0.15) is 43.9 Å². The lowest BCUT2D eigenvalue weighted by Gasteiger charge is -2.38. The maximum Gasteiger partial charge on any atom is 0.0517 e. The average molecular weight is 409 g/mol. The van der Waals surface area contributed by atoms with Crippen molar-refractivity contribution >= 4 is 37.5 Å². The predicted octanol–water partition coefficient (Wildman–Crippen LogP) is 6.44. The van der Waals surface area contributed by atoms with Crippen LogP contribution < -0.4 is 5.32 Å². The van der Waals surface area contributed by atoms with Crippen molar-refractivity contribution < 1.29 is 0 Å². The Hall–Kier alpha value is -0.800. The van der Waals surface area contributed by atoms with Crippen LogP contribution in [0.4, 0.5) is 5.69 Å². The van der Waals surface area contributed by atoms with Gasteiger partial charge in [-0.15, -0.1) is 0 Å². The normalized spacial score (nSPS) is 19.9. The highest BCUT2D eigenvalue weighted by Gasteiger charge is 2.32. The minimum absolute atomic E-state index is 0.270. The second-order valence-electron chi connectivity index (χ2n) is 6.33. The summed E-state index contributed by atoms with van der Waals surface area (Å²) >= 11 is 7.15. The zero-order valence-electron chi connectivity index (χ0n) is 12.3. The van der Waals surface area contributed by atoms with Crippen molar-refractivity contribution in [3.05, 3.63) is 62.5 Å². The van der Waals surface area contributed by atoms with Crippen LogP contribution in [0.2, 0.25) is 0 Å². The van der Waals surface area contributed by atoms with E-state index in [1.165, 1.54) is 17.5 Å². The minimum atomic E-state index is 0.270. The monoisotopic (exact) mass is 407 g/mol. The first-order chi connectivity index (χ1) is 9.97. The molecule has 1 aliphatic carbocycles. The summed E-state index contributed by atoms with van der Waals surface area (Å²) in [5.74, 6) is 0. The molecule has 2 aromatic rings. The second kappa shape index (κ2) is 5.77. The van der Waals surface area contributed by atoms with Crippen LogP contribution >= 0.6 is 31.9 Å². The predicted molar refractivity (Wildman–Crippen MR) is 96.9 cm³/mol. The van der Waals surface area contributed by atoms with E-state index in [1.807, 2.05) is 0 Å². The van der Waals surface area contributed by atoms with E-state index < -0.39 is 0 Å². The quantitative estimate of drug-likeness (QED) is 0.602. The van der Waals surface area contributed by atoms with Crippen molar-refractivity contribution in [2.24, 2.45) is 0 Å². The molecule has 1 atom stereocenters. The van der Waals surface area contributed by atoms with E-state index in [0.717, 1.165) is 21.1 Å². The molecule has 0 saturated heterocycles. The van der Waals surface area contributed by atoms with Crippen molar-refractivity contribution in [3.63, 3.8) is 0 Å². The summed E-state index contributed by atoms with van der Waals surface area (Å²) < 4.78 is 2.18. The van der Waals surface area contributed by atoms with Crippen molar-refractivity contribution in [1.82, 2.24) is 0 Å². The number of anilines is 1. The fourth-order valence-electron chi connectivity index (χ4n) is 3.16. The molecular weight excluding hydrogens is 390 g/mol. The van der Waals surface area contributed by atoms with Crippen molar-refractivity contribution in [2.75, 3.05) is 5.32 Å². The van der Waals surface area contributed by atoms with E-state index >= 15 is 0 Å². The van der Waals surface area contributed by atoms with Crippen LogP contribution in [0.15, 0.2) is 51.4 Å². The molecule has 21 heavy (non-hydrogen) atoms. The average Bonchev–Trinajstić information content (AvgIpc) is 2.45. The first-order valence-corrected chi connectivity index (χ1v) is 8.87. The molecule has 3 heteroatoms. The van der Waals surface area contributed by atoms with Gasteiger partial charge in [-0.1, -0.05) is 54.0 Å². The zero-order chi connectivity index (χ0) is 15.0. The summed E-state index contributed by atoms with van der Waals surface area (Å²) in [5.41, 5.74) is 4.33. The highest BCUT2D eigenvalue weighted by atomic mass is 79.9. The van der Waals surface area contributed by atoms with Gasteiger partial charge in [-0.05, 0) is 63.5 Å². The van der Waals surface area contributed by atoms with Gasteiger partial charge >= 0.3 is 0 Å². The van der Waals surface area contributed by atoms with Gasteiger partial charge in [0, 0.05) is 14.6 Å². The Morgan fingerprint density at radius 1 is 1.10 bits per heavy atom. The van der Waals surface area contributed by atoms with Gasteiger partial charge in [0.2, 0.25) is 0 Å². The lowest BCUT2D eigenvalue weighted by molar-refractivity contribution is 0.406. The zero-order valence-corrected chi connectivity index (χ0v) is 15.5. The molecule has 0 aromatic heterocycles. The molecule has 1 N–H and O–H groups in total. The Kier molecular flexibility index (Phi) is 4.15. The summed E-state index contributed by atoms with van der Waals surface area (Å²) in [6, 6.07) is 15.5. The Morgan fingerprint density at radius 2 is 1.86 bits per heavy atom. The molecule has 1 nitrogen and oxygen atoms in total. The second-order valence-corrected chi connectivity index (χ2v) is 8.10. The molecule has 0 aliphatic heterocycles.